The number of nitrogens with one attached hydrogen (secondary N) is 1. The number of carbonyl (C=O) groups excluding carboxylic acids is 1. The first-order valence-corrected chi connectivity index (χ1v) is 6.80. The summed E-state index contributed by atoms with van der Waals surface area (Å²) < 4.78 is 2.11. The molecule has 2 rings (SSSR count). The van der Waals surface area contributed by atoms with Gasteiger partial charge in [-0.15, -0.1) is 0 Å². The molecule has 0 saturated carbocycles. The van der Waals surface area contributed by atoms with Crippen molar-refractivity contribution in [3.05, 3.63) is 36.7 Å². The van der Waals surface area contributed by atoms with E-state index in [0.717, 1.165) is 36.5 Å². The van der Waals surface area contributed by atoms with Gasteiger partial charge in [-0.1, -0.05) is 12.1 Å². The molecule has 5 heteroatoms. The molecule has 1 heterocycles. The van der Waals surface area contributed by atoms with E-state index in [1.54, 1.807) is 6.20 Å². The number of benzene rings is 1. The Morgan fingerprint density at radius 1 is 1.40 bits per heavy atom. The molecule has 0 unspecified atom stereocenters. The van der Waals surface area contributed by atoms with Crippen molar-refractivity contribution in [2.75, 3.05) is 11.9 Å². The number of unbranched alkanes of at least 4 members (excludes halogenated alkanes) is 1. The summed E-state index contributed by atoms with van der Waals surface area (Å²) >= 11 is 0. The highest BCUT2D eigenvalue weighted by Gasteiger charge is 2.06. The van der Waals surface area contributed by atoms with Gasteiger partial charge in [-0.2, -0.15) is 0 Å². The van der Waals surface area contributed by atoms with Gasteiger partial charge < -0.3 is 15.6 Å². The van der Waals surface area contributed by atoms with Crippen LogP contribution in [0, 0.1) is 0 Å². The first-order chi connectivity index (χ1) is 9.70. The summed E-state index contributed by atoms with van der Waals surface area (Å²) in [5.74, 6) is 0.836. The Balaban J connectivity index is 2.18. The predicted molar refractivity (Wildman–Crippen MR) is 80.3 cm³/mol. The highest BCUT2D eigenvalue weighted by atomic mass is 16.1. The van der Waals surface area contributed by atoms with Crippen LogP contribution >= 0.6 is 0 Å². The van der Waals surface area contributed by atoms with E-state index in [-0.39, 0.29) is 5.91 Å². The lowest BCUT2D eigenvalue weighted by Gasteiger charge is -2.09. The summed E-state index contributed by atoms with van der Waals surface area (Å²) in [5.41, 5.74) is 7.30. The molecule has 0 spiro atoms. The normalized spacial score (nSPS) is 10.5. The van der Waals surface area contributed by atoms with Gasteiger partial charge in [-0.05, 0) is 31.5 Å². The molecule has 0 saturated heterocycles. The summed E-state index contributed by atoms with van der Waals surface area (Å²) in [6.45, 7) is 3.11. The Labute approximate surface area is 118 Å². The van der Waals surface area contributed by atoms with Gasteiger partial charge in [0.15, 0.2) is 0 Å². The lowest BCUT2D eigenvalue weighted by atomic mass is 10.2. The minimum Gasteiger partial charge on any atom is -0.331 e. The summed E-state index contributed by atoms with van der Waals surface area (Å²) in [7, 11) is 0. The van der Waals surface area contributed by atoms with E-state index in [4.69, 9.17) is 5.73 Å². The van der Waals surface area contributed by atoms with Gasteiger partial charge in [0.1, 0.15) is 5.82 Å². The lowest BCUT2D eigenvalue weighted by Crippen LogP contribution is -2.06. The third kappa shape index (κ3) is 3.68. The van der Waals surface area contributed by atoms with Crippen LogP contribution in [0.5, 0.6) is 0 Å². The second-order valence-corrected chi connectivity index (χ2v) is 4.70. The molecule has 2 aromatic rings. The van der Waals surface area contributed by atoms with Crippen molar-refractivity contribution in [3.63, 3.8) is 0 Å². The van der Waals surface area contributed by atoms with Gasteiger partial charge >= 0.3 is 0 Å². The maximum atomic E-state index is 11.1. The van der Waals surface area contributed by atoms with E-state index in [1.807, 2.05) is 30.5 Å². The monoisotopic (exact) mass is 272 g/mol. The van der Waals surface area contributed by atoms with Crippen molar-refractivity contribution < 1.29 is 4.79 Å². The van der Waals surface area contributed by atoms with Crippen LogP contribution in [0.1, 0.15) is 19.8 Å². The van der Waals surface area contributed by atoms with E-state index >= 15 is 0 Å². The van der Waals surface area contributed by atoms with Crippen molar-refractivity contribution in [2.24, 2.45) is 5.73 Å². The van der Waals surface area contributed by atoms with E-state index < -0.39 is 0 Å². The minimum absolute atomic E-state index is 0.0755. The molecule has 0 aliphatic heterocycles. The number of anilines is 1. The van der Waals surface area contributed by atoms with Gasteiger partial charge in [0.2, 0.25) is 5.91 Å². The zero-order chi connectivity index (χ0) is 14.4. The molecule has 1 aromatic heterocycles. The SMILES string of the molecule is CC(=O)Nc1cccc(-c2nccn2CCCCN)c1. The molecule has 0 radical (unpaired) electrons. The molecular weight excluding hydrogens is 252 g/mol. The van der Waals surface area contributed by atoms with Gasteiger partial charge in [0, 0.05) is 37.1 Å². The van der Waals surface area contributed by atoms with E-state index in [2.05, 4.69) is 14.9 Å². The van der Waals surface area contributed by atoms with Crippen LogP contribution in [0.3, 0.4) is 0 Å². The van der Waals surface area contributed by atoms with Crippen LogP contribution in [0.25, 0.3) is 11.4 Å². The maximum Gasteiger partial charge on any atom is 0.221 e. The maximum absolute atomic E-state index is 11.1. The number of hydrogen-bond donors (Lipinski definition) is 2. The quantitative estimate of drug-likeness (QED) is 0.792. The molecule has 0 aliphatic carbocycles. The number of imidazole rings is 1. The molecule has 106 valence electrons. The topological polar surface area (TPSA) is 72.9 Å². The number of amides is 1. The Bertz CT molecular complexity index is 577. The van der Waals surface area contributed by atoms with Crippen LogP contribution in [0.2, 0.25) is 0 Å². The molecule has 0 atom stereocenters. The number of hydrogen-bond acceptors (Lipinski definition) is 3. The molecular formula is C15H20N4O. The van der Waals surface area contributed by atoms with Crippen LogP contribution in [-0.2, 0) is 11.3 Å². The van der Waals surface area contributed by atoms with E-state index in [0.29, 0.717) is 6.54 Å². The van der Waals surface area contributed by atoms with Crippen LogP contribution < -0.4 is 11.1 Å². The van der Waals surface area contributed by atoms with Crippen molar-refractivity contribution in [3.8, 4) is 11.4 Å². The third-order valence-corrected chi connectivity index (χ3v) is 3.01. The van der Waals surface area contributed by atoms with Crippen molar-refractivity contribution in [2.45, 2.75) is 26.3 Å². The smallest absolute Gasteiger partial charge is 0.221 e. The molecule has 1 aromatic carbocycles. The third-order valence-electron chi connectivity index (χ3n) is 3.01. The summed E-state index contributed by atoms with van der Waals surface area (Å²) in [5, 5.41) is 2.79. The number of carbonyl (C=O) groups is 1. The fourth-order valence-electron chi connectivity index (χ4n) is 2.12. The van der Waals surface area contributed by atoms with E-state index in [1.165, 1.54) is 6.92 Å². The minimum atomic E-state index is -0.0755. The first-order valence-electron chi connectivity index (χ1n) is 6.80. The number of nitrogens with zero attached hydrogens (tertiary/aromatic N) is 2. The molecule has 0 bridgehead atoms. The Morgan fingerprint density at radius 2 is 2.25 bits per heavy atom. The average molecular weight is 272 g/mol. The molecule has 20 heavy (non-hydrogen) atoms. The van der Waals surface area contributed by atoms with Gasteiger partial charge in [0.05, 0.1) is 0 Å². The predicted octanol–water partition coefficient (Wildman–Crippen LogP) is 2.25. The zero-order valence-electron chi connectivity index (χ0n) is 11.7. The highest BCUT2D eigenvalue weighted by Crippen LogP contribution is 2.21. The largest absolute Gasteiger partial charge is 0.331 e. The van der Waals surface area contributed by atoms with E-state index in [9.17, 15) is 4.79 Å². The molecule has 3 N–H and O–H groups in total. The summed E-state index contributed by atoms with van der Waals surface area (Å²) in [6.07, 6.45) is 5.80. The van der Waals surface area contributed by atoms with Crippen molar-refractivity contribution >= 4 is 11.6 Å². The number of nitrogens with two attached hydrogens (primary N) is 1. The highest BCUT2D eigenvalue weighted by molar-refractivity contribution is 5.89. The Hall–Kier alpha value is -2.14. The van der Waals surface area contributed by atoms with Gasteiger partial charge in [0.25, 0.3) is 0 Å². The van der Waals surface area contributed by atoms with Gasteiger partial charge in [-0.3, -0.25) is 4.79 Å². The van der Waals surface area contributed by atoms with Crippen LogP contribution in [0.15, 0.2) is 36.7 Å². The fourth-order valence-corrected chi connectivity index (χ4v) is 2.12. The van der Waals surface area contributed by atoms with Crippen LogP contribution in [-0.4, -0.2) is 22.0 Å². The fraction of sp³-hybridized carbons (Fsp3) is 0.333. The number of aromatic nitrogens is 2. The second kappa shape index (κ2) is 6.86. The first kappa shape index (κ1) is 14.3. The number of rotatable bonds is 6. The molecule has 5 nitrogen and oxygen atoms in total. The Kier molecular flexibility index (Phi) is 4.90. The molecule has 0 fully saturated rings. The second-order valence-electron chi connectivity index (χ2n) is 4.70. The van der Waals surface area contributed by atoms with Gasteiger partial charge in [-0.25, -0.2) is 4.98 Å². The average Bonchev–Trinajstić information content (AvgIpc) is 2.87. The van der Waals surface area contributed by atoms with Crippen molar-refractivity contribution in [1.82, 2.24) is 9.55 Å². The zero-order valence-corrected chi connectivity index (χ0v) is 11.7. The Morgan fingerprint density at radius 3 is 3.00 bits per heavy atom. The van der Waals surface area contributed by atoms with Crippen molar-refractivity contribution in [1.29, 1.82) is 0 Å². The lowest BCUT2D eigenvalue weighted by molar-refractivity contribution is -0.114. The standard InChI is InChI=1S/C15H20N4O/c1-12(20)18-14-6-4-5-13(11-14)15-17-8-10-19(15)9-3-2-7-16/h4-6,8,10-11H,2-3,7,9,16H2,1H3,(H,18,20). The summed E-state index contributed by atoms with van der Waals surface area (Å²) in [6, 6.07) is 7.71. The van der Waals surface area contributed by atoms with Crippen LogP contribution in [0.4, 0.5) is 5.69 Å². The summed E-state index contributed by atoms with van der Waals surface area (Å²) in [4.78, 5) is 15.5. The number of aryl methyl sites for hydroxylation is 1. The molecule has 1 amide bonds. The molecule has 0 aliphatic rings.